The maximum Gasteiger partial charge on any atom is 0.155 e. The van der Waals surface area contributed by atoms with Crippen molar-refractivity contribution in [1.82, 2.24) is 10.2 Å². The third kappa shape index (κ3) is 3.43. The first-order chi connectivity index (χ1) is 13.2. The van der Waals surface area contributed by atoms with E-state index in [1.165, 1.54) is 0 Å². The molecule has 138 valence electrons. The number of alkyl halides is 1. The molecule has 0 saturated carbocycles. The Bertz CT molecular complexity index is 1020. The topological polar surface area (TPSA) is 73.7 Å². The van der Waals surface area contributed by atoms with Crippen LogP contribution in [0.15, 0.2) is 30.5 Å². The first kappa shape index (κ1) is 18.0. The number of benzene rings is 2. The Labute approximate surface area is 167 Å². The molecule has 0 amide bonds. The fourth-order valence-electron chi connectivity index (χ4n) is 3.64. The van der Waals surface area contributed by atoms with Gasteiger partial charge in [-0.3, -0.25) is 5.10 Å². The number of nitrogens with zero attached hydrogens (tertiary/aromatic N) is 2. The van der Waals surface area contributed by atoms with Crippen molar-refractivity contribution in [2.24, 2.45) is 0 Å². The summed E-state index contributed by atoms with van der Waals surface area (Å²) in [5.74, 6) is 0.788. The number of hydrogen-bond acceptors (Lipinski definition) is 4. The smallest absolute Gasteiger partial charge is 0.155 e. The summed E-state index contributed by atoms with van der Waals surface area (Å²) in [6, 6.07) is 10.3. The van der Waals surface area contributed by atoms with Crippen molar-refractivity contribution in [3.8, 4) is 11.8 Å². The van der Waals surface area contributed by atoms with Gasteiger partial charge in [0.25, 0.3) is 0 Å². The van der Waals surface area contributed by atoms with Gasteiger partial charge < -0.3 is 10.1 Å². The molecule has 0 radical (unpaired) electrons. The van der Waals surface area contributed by atoms with Gasteiger partial charge in [-0.05, 0) is 54.7 Å². The molecule has 1 aromatic heterocycles. The van der Waals surface area contributed by atoms with E-state index >= 15 is 0 Å². The largest absolute Gasteiger partial charge is 0.489 e. The second kappa shape index (κ2) is 7.67. The van der Waals surface area contributed by atoms with Crippen LogP contribution in [0.3, 0.4) is 0 Å². The molecular formula is C20H18Cl2N4O. The second-order valence-electron chi connectivity index (χ2n) is 6.55. The lowest BCUT2D eigenvalue weighted by molar-refractivity contribution is 0.341. The molecule has 0 bridgehead atoms. The number of aromatic amines is 1. The number of fused-ring (bicyclic) bond motifs is 2. The minimum absolute atomic E-state index is 0.0841. The van der Waals surface area contributed by atoms with Crippen molar-refractivity contribution in [2.75, 3.05) is 17.8 Å². The average molecular weight is 401 g/mol. The number of nitrogens with one attached hydrogen (secondary N) is 2. The van der Waals surface area contributed by atoms with Gasteiger partial charge in [-0.1, -0.05) is 11.6 Å². The van der Waals surface area contributed by atoms with Crippen LogP contribution in [0.4, 0.5) is 5.69 Å². The molecule has 1 aliphatic carbocycles. The summed E-state index contributed by atoms with van der Waals surface area (Å²) < 4.78 is 5.65. The van der Waals surface area contributed by atoms with Crippen molar-refractivity contribution in [3.63, 3.8) is 0 Å². The number of rotatable bonds is 5. The van der Waals surface area contributed by atoms with Crippen LogP contribution in [-0.4, -0.2) is 22.7 Å². The number of hydrogen-bond donors (Lipinski definition) is 2. The lowest BCUT2D eigenvalue weighted by Gasteiger charge is -2.29. The molecule has 0 aliphatic heterocycles. The number of halogens is 2. The standard InChI is InChI=1S/C20H18Cl2N4O/c21-6-7-27-20-13(10-23)8-16-15(19(20)22)2-1-3-17(16)25-14-5-4-12-11-24-26-18(12)9-14/h4-5,8-9,11,17,25H,1-3,6-7H2,(H,24,26). The van der Waals surface area contributed by atoms with Gasteiger partial charge in [0.15, 0.2) is 5.75 Å². The zero-order valence-electron chi connectivity index (χ0n) is 14.6. The summed E-state index contributed by atoms with van der Waals surface area (Å²) in [5, 5.41) is 21.8. The quantitative estimate of drug-likeness (QED) is 0.577. The van der Waals surface area contributed by atoms with E-state index in [4.69, 9.17) is 27.9 Å². The van der Waals surface area contributed by atoms with E-state index in [1.54, 1.807) is 6.20 Å². The summed E-state index contributed by atoms with van der Waals surface area (Å²) in [6.45, 7) is 0.320. The molecular weight excluding hydrogens is 383 g/mol. The Balaban J connectivity index is 1.69. The summed E-state index contributed by atoms with van der Waals surface area (Å²) in [7, 11) is 0. The van der Waals surface area contributed by atoms with Crippen molar-refractivity contribution < 1.29 is 4.74 Å². The first-order valence-corrected chi connectivity index (χ1v) is 9.76. The minimum Gasteiger partial charge on any atom is -0.489 e. The van der Waals surface area contributed by atoms with Gasteiger partial charge in [0.1, 0.15) is 12.7 Å². The van der Waals surface area contributed by atoms with Crippen LogP contribution in [-0.2, 0) is 6.42 Å². The monoisotopic (exact) mass is 400 g/mol. The van der Waals surface area contributed by atoms with Gasteiger partial charge in [0.05, 0.1) is 34.2 Å². The molecule has 0 saturated heterocycles. The molecule has 2 aromatic carbocycles. The van der Waals surface area contributed by atoms with E-state index < -0.39 is 0 Å². The Morgan fingerprint density at radius 1 is 1.37 bits per heavy atom. The maximum atomic E-state index is 9.56. The molecule has 0 fully saturated rings. The van der Waals surface area contributed by atoms with Crippen molar-refractivity contribution in [3.05, 3.63) is 52.2 Å². The van der Waals surface area contributed by atoms with Gasteiger partial charge in [-0.15, -0.1) is 11.6 Å². The Hall–Kier alpha value is -2.42. The average Bonchev–Trinajstić information content (AvgIpc) is 3.15. The molecule has 1 unspecified atom stereocenters. The zero-order valence-corrected chi connectivity index (χ0v) is 16.1. The Morgan fingerprint density at radius 2 is 2.26 bits per heavy atom. The third-order valence-corrected chi connectivity index (χ3v) is 5.43. The summed E-state index contributed by atoms with van der Waals surface area (Å²) in [6.07, 6.45) is 4.65. The molecule has 1 heterocycles. The molecule has 4 rings (SSSR count). The van der Waals surface area contributed by atoms with Crippen LogP contribution in [0.25, 0.3) is 10.9 Å². The van der Waals surface area contributed by atoms with E-state index in [0.717, 1.165) is 47.0 Å². The number of H-pyrrole nitrogens is 1. The predicted octanol–water partition coefficient (Wildman–Crippen LogP) is 5.20. The van der Waals surface area contributed by atoms with E-state index in [9.17, 15) is 5.26 Å². The van der Waals surface area contributed by atoms with Crippen LogP contribution >= 0.6 is 23.2 Å². The number of nitriles is 1. The maximum absolute atomic E-state index is 9.56. The number of ether oxygens (including phenoxy) is 1. The second-order valence-corrected chi connectivity index (χ2v) is 7.30. The zero-order chi connectivity index (χ0) is 18.8. The van der Waals surface area contributed by atoms with Gasteiger partial charge in [-0.2, -0.15) is 10.4 Å². The number of aromatic nitrogens is 2. The lowest BCUT2D eigenvalue weighted by Crippen LogP contribution is -2.18. The van der Waals surface area contributed by atoms with E-state index in [2.05, 4.69) is 21.6 Å². The van der Waals surface area contributed by atoms with Gasteiger partial charge >= 0.3 is 0 Å². The van der Waals surface area contributed by atoms with Gasteiger partial charge in [0, 0.05) is 11.1 Å². The molecule has 2 N–H and O–H groups in total. The van der Waals surface area contributed by atoms with E-state index in [1.807, 2.05) is 24.3 Å². The summed E-state index contributed by atoms with van der Waals surface area (Å²) >= 11 is 12.3. The highest BCUT2D eigenvalue weighted by Gasteiger charge is 2.26. The highest BCUT2D eigenvalue weighted by molar-refractivity contribution is 6.33. The van der Waals surface area contributed by atoms with Gasteiger partial charge in [0.2, 0.25) is 0 Å². The molecule has 3 aromatic rings. The fraction of sp³-hybridized carbons (Fsp3) is 0.300. The molecule has 7 heteroatoms. The van der Waals surface area contributed by atoms with Crippen LogP contribution < -0.4 is 10.1 Å². The normalized spacial score (nSPS) is 16.0. The minimum atomic E-state index is 0.0841. The molecule has 27 heavy (non-hydrogen) atoms. The van der Waals surface area contributed by atoms with Crippen LogP contribution in [0.1, 0.15) is 35.6 Å². The molecule has 5 nitrogen and oxygen atoms in total. The third-order valence-electron chi connectivity index (χ3n) is 4.88. The van der Waals surface area contributed by atoms with Crippen LogP contribution in [0, 0.1) is 11.3 Å². The molecule has 1 aliphatic rings. The summed E-state index contributed by atoms with van der Waals surface area (Å²) in [4.78, 5) is 0. The van der Waals surface area contributed by atoms with Crippen molar-refractivity contribution in [1.29, 1.82) is 5.26 Å². The van der Waals surface area contributed by atoms with Crippen molar-refractivity contribution >= 4 is 39.8 Å². The SMILES string of the molecule is N#Cc1cc2c(c(Cl)c1OCCCl)CCCC2Nc1ccc2cn[nH]c2c1. The molecule has 0 spiro atoms. The summed E-state index contributed by atoms with van der Waals surface area (Å²) in [5.41, 5.74) is 4.54. The van der Waals surface area contributed by atoms with Crippen molar-refractivity contribution in [2.45, 2.75) is 25.3 Å². The highest BCUT2D eigenvalue weighted by Crippen LogP contribution is 2.42. The lowest BCUT2D eigenvalue weighted by atomic mass is 9.86. The van der Waals surface area contributed by atoms with Gasteiger partial charge in [-0.25, -0.2) is 0 Å². The van der Waals surface area contributed by atoms with E-state index in [0.29, 0.717) is 28.8 Å². The fourth-order valence-corrected chi connectivity index (χ4v) is 4.07. The van der Waals surface area contributed by atoms with E-state index in [-0.39, 0.29) is 6.04 Å². The predicted molar refractivity (Wildman–Crippen MR) is 108 cm³/mol. The number of anilines is 1. The highest BCUT2D eigenvalue weighted by atomic mass is 35.5. The first-order valence-electron chi connectivity index (χ1n) is 8.85. The van der Waals surface area contributed by atoms with Crippen LogP contribution in [0.2, 0.25) is 5.02 Å². The molecule has 1 atom stereocenters. The van der Waals surface area contributed by atoms with Crippen LogP contribution in [0.5, 0.6) is 5.75 Å². The Kier molecular flexibility index (Phi) is 5.11. The Morgan fingerprint density at radius 3 is 3.07 bits per heavy atom.